The Morgan fingerprint density at radius 1 is 1.40 bits per heavy atom. The van der Waals surface area contributed by atoms with Crippen LogP contribution in [0.5, 0.6) is 0 Å². The first-order chi connectivity index (χ1) is 9.24. The summed E-state index contributed by atoms with van der Waals surface area (Å²) >= 11 is 3.52. The molecule has 2 atom stereocenters. The average molecular weight is 347 g/mol. The third-order valence-corrected chi connectivity index (χ3v) is 4.79. The number of nitrogens with zero attached hydrogens (tertiary/aromatic N) is 4. The molecule has 0 spiro atoms. The Morgan fingerprint density at radius 3 is 2.45 bits per heavy atom. The van der Waals surface area contributed by atoms with Gasteiger partial charge in [0.1, 0.15) is 6.10 Å². The van der Waals surface area contributed by atoms with Gasteiger partial charge in [-0.25, -0.2) is 0 Å². The minimum Gasteiger partial charge on any atom is -0.385 e. The van der Waals surface area contributed by atoms with Gasteiger partial charge in [0.05, 0.1) is 22.9 Å². The van der Waals surface area contributed by atoms with Crippen molar-refractivity contribution in [3.8, 4) is 0 Å². The molecule has 1 heterocycles. The maximum atomic E-state index is 10.9. The molecule has 0 fully saturated rings. The molecule has 1 aromatic heterocycles. The van der Waals surface area contributed by atoms with Gasteiger partial charge in [-0.05, 0) is 57.5 Å². The van der Waals surface area contributed by atoms with Crippen LogP contribution < -0.4 is 0 Å². The maximum absolute atomic E-state index is 10.9. The smallest absolute Gasteiger partial charge is 0.115 e. The zero-order valence-electron chi connectivity index (χ0n) is 13.4. The first-order valence-electron chi connectivity index (χ1n) is 6.95. The lowest BCUT2D eigenvalue weighted by Crippen LogP contribution is -2.47. The minimum absolute atomic E-state index is 0.321. The summed E-state index contributed by atoms with van der Waals surface area (Å²) in [4.78, 5) is 4.18. The van der Waals surface area contributed by atoms with Crippen molar-refractivity contribution in [2.45, 2.75) is 38.5 Å². The summed E-state index contributed by atoms with van der Waals surface area (Å²) in [7, 11) is 8.07. The fourth-order valence-electron chi connectivity index (χ4n) is 2.17. The number of likely N-dealkylation sites (N-methyl/N-ethyl adjacent to an activating group) is 2. The highest BCUT2D eigenvalue weighted by Gasteiger charge is 2.37. The van der Waals surface area contributed by atoms with Crippen molar-refractivity contribution in [3.63, 3.8) is 0 Å². The van der Waals surface area contributed by atoms with E-state index < -0.39 is 6.10 Å². The summed E-state index contributed by atoms with van der Waals surface area (Å²) in [5, 5.41) is 15.3. The largest absolute Gasteiger partial charge is 0.385 e. The van der Waals surface area contributed by atoms with Gasteiger partial charge in [-0.1, -0.05) is 6.92 Å². The monoisotopic (exact) mass is 346 g/mol. The van der Waals surface area contributed by atoms with Gasteiger partial charge in [0, 0.05) is 12.1 Å². The van der Waals surface area contributed by atoms with Crippen LogP contribution in [0.3, 0.4) is 0 Å². The predicted molar refractivity (Wildman–Crippen MR) is 85.8 cm³/mol. The lowest BCUT2D eigenvalue weighted by atomic mass is 9.88. The van der Waals surface area contributed by atoms with Crippen molar-refractivity contribution in [1.82, 2.24) is 19.6 Å². The Kier molecular flexibility index (Phi) is 6.19. The number of aliphatic hydroxyl groups is 1. The molecule has 116 valence electrons. The van der Waals surface area contributed by atoms with Crippen molar-refractivity contribution in [3.05, 3.63) is 16.4 Å². The first kappa shape index (κ1) is 17.6. The topological polar surface area (TPSA) is 44.5 Å². The van der Waals surface area contributed by atoms with E-state index in [2.05, 4.69) is 44.7 Å². The molecule has 1 rings (SSSR count). The van der Waals surface area contributed by atoms with Gasteiger partial charge in [0.15, 0.2) is 0 Å². The number of rotatable bonds is 7. The number of hydrogen-bond acceptors (Lipinski definition) is 4. The maximum Gasteiger partial charge on any atom is 0.115 e. The Morgan fingerprint density at radius 2 is 2.00 bits per heavy atom. The van der Waals surface area contributed by atoms with E-state index in [1.165, 1.54) is 0 Å². The minimum atomic E-state index is -0.596. The number of halogens is 1. The highest BCUT2D eigenvalue weighted by molar-refractivity contribution is 9.10. The van der Waals surface area contributed by atoms with E-state index in [0.717, 1.165) is 29.7 Å². The molecule has 20 heavy (non-hydrogen) atoms. The van der Waals surface area contributed by atoms with E-state index in [4.69, 9.17) is 0 Å². The van der Waals surface area contributed by atoms with Crippen molar-refractivity contribution in [2.24, 2.45) is 0 Å². The van der Waals surface area contributed by atoms with Gasteiger partial charge in [0.2, 0.25) is 0 Å². The van der Waals surface area contributed by atoms with E-state index in [9.17, 15) is 5.11 Å². The van der Waals surface area contributed by atoms with Crippen molar-refractivity contribution >= 4 is 15.9 Å². The molecule has 0 saturated carbocycles. The van der Waals surface area contributed by atoms with Crippen LogP contribution >= 0.6 is 15.9 Å². The van der Waals surface area contributed by atoms with Gasteiger partial charge in [-0.2, -0.15) is 5.10 Å². The normalized spacial score (nSPS) is 16.7. The number of hydrogen-bond donors (Lipinski definition) is 1. The lowest BCUT2D eigenvalue weighted by Gasteiger charge is -2.40. The fourth-order valence-corrected chi connectivity index (χ4v) is 2.68. The molecule has 1 aromatic rings. The summed E-state index contributed by atoms with van der Waals surface area (Å²) in [5.74, 6) is 0. The third-order valence-electron chi connectivity index (χ3n) is 4.18. The van der Waals surface area contributed by atoms with Crippen LogP contribution in [0.15, 0.2) is 10.7 Å². The highest BCUT2D eigenvalue weighted by atomic mass is 79.9. The zero-order chi connectivity index (χ0) is 15.5. The Bertz CT molecular complexity index is 433. The molecule has 0 amide bonds. The zero-order valence-corrected chi connectivity index (χ0v) is 15.0. The Hall–Kier alpha value is -0.430. The quantitative estimate of drug-likeness (QED) is 0.819. The molecule has 0 aromatic carbocycles. The van der Waals surface area contributed by atoms with E-state index in [1.807, 2.05) is 32.9 Å². The van der Waals surface area contributed by atoms with Gasteiger partial charge in [-0.15, -0.1) is 0 Å². The summed E-state index contributed by atoms with van der Waals surface area (Å²) < 4.78 is 2.76. The van der Waals surface area contributed by atoms with Gasteiger partial charge in [-0.3, -0.25) is 4.68 Å². The van der Waals surface area contributed by atoms with Crippen LogP contribution in [0.4, 0.5) is 0 Å². The summed E-state index contributed by atoms with van der Waals surface area (Å²) in [6.07, 6.45) is 2.02. The number of aliphatic hydroxyl groups excluding tert-OH is 1. The van der Waals surface area contributed by atoms with Crippen molar-refractivity contribution in [2.75, 3.05) is 34.7 Å². The SMILES string of the molecule is CCC(C)(C(O)c1c(Br)cnn1CCN(C)C)N(C)C. The highest BCUT2D eigenvalue weighted by Crippen LogP contribution is 2.36. The molecular formula is C14H27BrN4O. The van der Waals surface area contributed by atoms with Crippen LogP contribution in [0.1, 0.15) is 32.1 Å². The summed E-state index contributed by atoms with van der Waals surface area (Å²) in [5.41, 5.74) is 0.531. The van der Waals surface area contributed by atoms with E-state index in [0.29, 0.717) is 0 Å². The fraction of sp³-hybridized carbons (Fsp3) is 0.786. The molecule has 0 radical (unpaired) electrons. The van der Waals surface area contributed by atoms with Gasteiger partial charge in [0.25, 0.3) is 0 Å². The molecule has 6 heteroatoms. The molecule has 0 aliphatic heterocycles. The summed E-state index contributed by atoms with van der Waals surface area (Å²) in [6, 6.07) is 0. The van der Waals surface area contributed by atoms with Crippen LogP contribution in [-0.2, 0) is 6.54 Å². The van der Waals surface area contributed by atoms with E-state index >= 15 is 0 Å². The standard InChI is InChI=1S/C14H27BrN4O/c1-7-14(2,18(5)6)13(20)12-11(15)10-16-19(12)9-8-17(3)4/h10,13,20H,7-9H2,1-6H3. The average Bonchev–Trinajstić information content (AvgIpc) is 2.75. The number of aromatic nitrogens is 2. The third kappa shape index (κ3) is 3.61. The molecule has 2 unspecified atom stereocenters. The van der Waals surface area contributed by atoms with Crippen molar-refractivity contribution in [1.29, 1.82) is 0 Å². The second-order valence-electron chi connectivity index (χ2n) is 5.91. The molecular weight excluding hydrogens is 320 g/mol. The van der Waals surface area contributed by atoms with Crippen LogP contribution in [0.25, 0.3) is 0 Å². The molecule has 0 bridgehead atoms. The van der Waals surface area contributed by atoms with Crippen LogP contribution in [-0.4, -0.2) is 65.0 Å². The van der Waals surface area contributed by atoms with E-state index in [1.54, 1.807) is 6.20 Å². The van der Waals surface area contributed by atoms with Gasteiger partial charge < -0.3 is 14.9 Å². The van der Waals surface area contributed by atoms with Gasteiger partial charge >= 0.3 is 0 Å². The lowest BCUT2D eigenvalue weighted by molar-refractivity contribution is -0.00506. The first-order valence-corrected chi connectivity index (χ1v) is 7.74. The Labute approximate surface area is 130 Å². The van der Waals surface area contributed by atoms with Crippen LogP contribution in [0.2, 0.25) is 0 Å². The molecule has 0 aliphatic carbocycles. The molecule has 1 N–H and O–H groups in total. The van der Waals surface area contributed by atoms with Crippen LogP contribution in [0, 0.1) is 0 Å². The second-order valence-corrected chi connectivity index (χ2v) is 6.77. The molecule has 0 saturated heterocycles. The molecule has 0 aliphatic rings. The predicted octanol–water partition coefficient (Wildman–Crippen LogP) is 1.97. The molecule has 5 nitrogen and oxygen atoms in total. The van der Waals surface area contributed by atoms with Crippen molar-refractivity contribution < 1.29 is 5.11 Å². The van der Waals surface area contributed by atoms with E-state index in [-0.39, 0.29) is 5.54 Å². The Balaban J connectivity index is 3.08. The summed E-state index contributed by atoms with van der Waals surface area (Å²) in [6.45, 7) is 5.82. The second kappa shape index (κ2) is 7.02.